The van der Waals surface area contributed by atoms with Gasteiger partial charge in [-0.25, -0.2) is 8.42 Å². The SMILES string of the molecule is CS(=O)(=O)CCN1CC(c2cccc(C(F)(F)F)c2)N(c2ccc(Oc3ccc(Cl)cc3)cc2)/C1=N/C#N. The van der Waals surface area contributed by atoms with Crippen LogP contribution >= 0.6 is 11.6 Å². The predicted octanol–water partition coefficient (Wildman–Crippen LogP) is 5.90. The number of hydrogen-bond acceptors (Lipinski definition) is 5. The minimum absolute atomic E-state index is 0.0169. The van der Waals surface area contributed by atoms with Crippen molar-refractivity contribution in [3.05, 3.63) is 88.9 Å². The quantitative estimate of drug-likeness (QED) is 0.333. The molecular formula is C26H22ClF3N4O3S. The van der Waals surface area contributed by atoms with E-state index in [1.807, 2.05) is 0 Å². The van der Waals surface area contributed by atoms with Crippen molar-refractivity contribution in [1.29, 1.82) is 5.26 Å². The minimum Gasteiger partial charge on any atom is -0.457 e. The van der Waals surface area contributed by atoms with Crippen molar-refractivity contribution in [2.24, 2.45) is 4.99 Å². The number of nitrogens with zero attached hydrogens (tertiary/aromatic N) is 4. The van der Waals surface area contributed by atoms with Gasteiger partial charge in [0.15, 0.2) is 0 Å². The van der Waals surface area contributed by atoms with Crippen LogP contribution in [0.3, 0.4) is 0 Å². The zero-order valence-corrected chi connectivity index (χ0v) is 21.6. The van der Waals surface area contributed by atoms with Gasteiger partial charge in [-0.05, 0) is 66.2 Å². The number of rotatable bonds is 7. The van der Waals surface area contributed by atoms with E-state index < -0.39 is 27.6 Å². The monoisotopic (exact) mass is 562 g/mol. The van der Waals surface area contributed by atoms with Crippen LogP contribution in [-0.4, -0.2) is 44.4 Å². The second-order valence-electron chi connectivity index (χ2n) is 8.65. The summed E-state index contributed by atoms with van der Waals surface area (Å²) < 4.78 is 69.9. The predicted molar refractivity (Wildman–Crippen MR) is 139 cm³/mol. The average Bonchev–Trinajstić information content (AvgIpc) is 3.22. The third-order valence-electron chi connectivity index (χ3n) is 5.85. The lowest BCUT2D eigenvalue weighted by molar-refractivity contribution is -0.137. The second kappa shape index (κ2) is 10.9. The Morgan fingerprint density at radius 1 is 1.08 bits per heavy atom. The third kappa shape index (κ3) is 6.57. The van der Waals surface area contributed by atoms with Crippen LogP contribution in [0.1, 0.15) is 17.2 Å². The van der Waals surface area contributed by atoms with Crippen LogP contribution in [0.15, 0.2) is 77.8 Å². The maximum absolute atomic E-state index is 13.5. The first-order valence-electron chi connectivity index (χ1n) is 11.3. The molecule has 3 aromatic carbocycles. The second-order valence-corrected chi connectivity index (χ2v) is 11.3. The lowest BCUT2D eigenvalue weighted by atomic mass is 10.0. The van der Waals surface area contributed by atoms with Gasteiger partial charge < -0.3 is 14.5 Å². The number of aliphatic imine (C=N–C) groups is 1. The molecule has 0 bridgehead atoms. The Bertz CT molecular complexity index is 1470. The van der Waals surface area contributed by atoms with E-state index in [1.165, 1.54) is 6.07 Å². The number of sulfone groups is 1. The van der Waals surface area contributed by atoms with Crippen molar-refractivity contribution in [3.63, 3.8) is 0 Å². The number of hydrogen-bond donors (Lipinski definition) is 0. The number of guanidine groups is 1. The first-order valence-corrected chi connectivity index (χ1v) is 13.8. The molecule has 1 aliphatic rings. The number of ether oxygens (including phenoxy) is 1. The van der Waals surface area contributed by atoms with Gasteiger partial charge in [0, 0.05) is 30.1 Å². The Balaban J connectivity index is 1.72. The maximum Gasteiger partial charge on any atom is 0.416 e. The van der Waals surface area contributed by atoms with E-state index in [-0.39, 0.29) is 24.8 Å². The highest BCUT2D eigenvalue weighted by molar-refractivity contribution is 7.90. The van der Waals surface area contributed by atoms with Crippen LogP contribution in [0.4, 0.5) is 18.9 Å². The first-order chi connectivity index (χ1) is 17.9. The summed E-state index contributed by atoms with van der Waals surface area (Å²) in [5.41, 5.74) is 0.0653. The molecule has 1 atom stereocenters. The van der Waals surface area contributed by atoms with Gasteiger partial charge in [0.2, 0.25) is 12.2 Å². The van der Waals surface area contributed by atoms with Crippen LogP contribution in [0.25, 0.3) is 0 Å². The Kier molecular flexibility index (Phi) is 7.85. The summed E-state index contributed by atoms with van der Waals surface area (Å²) in [5.74, 6) is 0.987. The molecule has 1 saturated heterocycles. The highest BCUT2D eigenvalue weighted by Crippen LogP contribution is 2.38. The largest absolute Gasteiger partial charge is 0.457 e. The van der Waals surface area contributed by atoms with E-state index in [0.717, 1.165) is 18.4 Å². The van der Waals surface area contributed by atoms with Crippen LogP contribution < -0.4 is 9.64 Å². The fraction of sp³-hybridized carbons (Fsp3) is 0.231. The summed E-state index contributed by atoms with van der Waals surface area (Å²) in [5, 5.41) is 9.95. The molecule has 1 aliphatic heterocycles. The zero-order chi connectivity index (χ0) is 27.5. The normalized spacial score (nSPS) is 17.1. The van der Waals surface area contributed by atoms with Crippen molar-refractivity contribution in [2.75, 3.05) is 30.0 Å². The van der Waals surface area contributed by atoms with Gasteiger partial charge in [0.25, 0.3) is 0 Å². The van der Waals surface area contributed by atoms with Crippen LogP contribution in [0, 0.1) is 11.5 Å². The van der Waals surface area contributed by atoms with Crippen molar-refractivity contribution in [3.8, 4) is 17.7 Å². The molecule has 0 radical (unpaired) electrons. The van der Waals surface area contributed by atoms with E-state index in [4.69, 9.17) is 16.3 Å². The summed E-state index contributed by atoms with van der Waals surface area (Å²) in [4.78, 5) is 7.14. The van der Waals surface area contributed by atoms with Gasteiger partial charge in [0.05, 0.1) is 17.4 Å². The first kappa shape index (κ1) is 27.3. The zero-order valence-electron chi connectivity index (χ0n) is 20.1. The smallest absolute Gasteiger partial charge is 0.416 e. The maximum atomic E-state index is 13.5. The number of anilines is 1. The Labute approximate surface area is 223 Å². The minimum atomic E-state index is -4.54. The van der Waals surface area contributed by atoms with Gasteiger partial charge in [-0.1, -0.05) is 23.7 Å². The summed E-state index contributed by atoms with van der Waals surface area (Å²) in [6.07, 6.45) is -1.72. The molecule has 1 fully saturated rings. The molecule has 3 aromatic rings. The topological polar surface area (TPSA) is 86.0 Å². The number of halogens is 4. The lowest BCUT2D eigenvalue weighted by Crippen LogP contribution is -2.36. The Morgan fingerprint density at radius 2 is 1.71 bits per heavy atom. The van der Waals surface area contributed by atoms with Gasteiger partial charge >= 0.3 is 6.18 Å². The standard InChI is InChI=1S/C26H22ClF3N4O3S/c1-38(35,36)14-13-33-16-24(18-3-2-4-19(15-18)26(28,29)30)34(25(33)32-17-31)21-7-11-23(12-8-21)37-22-9-5-20(27)6-10-22/h2-12,15,24H,13-14,16H2,1H3/b32-25+. The molecule has 0 saturated carbocycles. The Hall–Kier alpha value is -3.75. The summed E-state index contributed by atoms with van der Waals surface area (Å²) in [6.45, 7) is 0.142. The van der Waals surface area contributed by atoms with Crippen molar-refractivity contribution >= 4 is 33.1 Å². The average molecular weight is 563 g/mol. The molecule has 4 rings (SSSR count). The van der Waals surface area contributed by atoms with Gasteiger partial charge in [-0.2, -0.15) is 18.4 Å². The molecule has 7 nitrogen and oxygen atoms in total. The number of alkyl halides is 3. The van der Waals surface area contributed by atoms with Crippen LogP contribution in [0.5, 0.6) is 11.5 Å². The van der Waals surface area contributed by atoms with Gasteiger partial charge in [-0.3, -0.25) is 0 Å². The molecule has 0 N–H and O–H groups in total. The molecule has 38 heavy (non-hydrogen) atoms. The molecule has 0 aromatic heterocycles. The van der Waals surface area contributed by atoms with E-state index in [1.54, 1.807) is 70.6 Å². The summed E-state index contributed by atoms with van der Waals surface area (Å²) in [6, 6.07) is 17.8. The number of nitriles is 1. The fourth-order valence-electron chi connectivity index (χ4n) is 4.09. The van der Waals surface area contributed by atoms with Crippen molar-refractivity contribution in [1.82, 2.24) is 4.90 Å². The lowest BCUT2D eigenvalue weighted by Gasteiger charge is -2.26. The van der Waals surface area contributed by atoms with E-state index in [2.05, 4.69) is 4.99 Å². The van der Waals surface area contributed by atoms with E-state index in [0.29, 0.717) is 27.8 Å². The van der Waals surface area contributed by atoms with Crippen molar-refractivity contribution in [2.45, 2.75) is 12.2 Å². The van der Waals surface area contributed by atoms with Crippen LogP contribution in [0.2, 0.25) is 5.02 Å². The third-order valence-corrected chi connectivity index (χ3v) is 7.02. The van der Waals surface area contributed by atoms with Gasteiger partial charge in [-0.15, -0.1) is 4.99 Å². The highest BCUT2D eigenvalue weighted by Gasteiger charge is 2.39. The van der Waals surface area contributed by atoms with E-state index in [9.17, 15) is 26.9 Å². The molecule has 1 unspecified atom stereocenters. The molecule has 0 spiro atoms. The summed E-state index contributed by atoms with van der Waals surface area (Å²) >= 11 is 5.91. The molecule has 198 valence electrons. The molecule has 12 heteroatoms. The molecule has 1 heterocycles. The Morgan fingerprint density at radius 3 is 2.29 bits per heavy atom. The van der Waals surface area contributed by atoms with Gasteiger partial charge in [0.1, 0.15) is 21.3 Å². The van der Waals surface area contributed by atoms with Crippen molar-refractivity contribution < 1.29 is 26.3 Å². The van der Waals surface area contributed by atoms with E-state index >= 15 is 0 Å². The van der Waals surface area contributed by atoms with Crippen LogP contribution in [-0.2, 0) is 16.0 Å². The molecule has 0 amide bonds. The molecular weight excluding hydrogens is 541 g/mol. The fourth-order valence-corrected chi connectivity index (χ4v) is 4.76. The number of benzene rings is 3. The summed E-state index contributed by atoms with van der Waals surface area (Å²) in [7, 11) is -3.35. The highest BCUT2D eigenvalue weighted by atomic mass is 35.5. The molecule has 0 aliphatic carbocycles.